The minimum absolute atomic E-state index is 0.150. The van der Waals surface area contributed by atoms with Crippen LogP contribution in [0.2, 0.25) is 5.02 Å². The Balaban J connectivity index is 2.38. The third-order valence-electron chi connectivity index (χ3n) is 2.70. The van der Waals surface area contributed by atoms with E-state index in [4.69, 9.17) is 17.3 Å². The van der Waals surface area contributed by atoms with Crippen LogP contribution in [0.15, 0.2) is 45.8 Å². The van der Waals surface area contributed by atoms with Crippen LogP contribution < -0.4 is 10.5 Å². The fourth-order valence-electron chi connectivity index (χ4n) is 1.61. The topological polar surface area (TPSA) is 72.2 Å². The Morgan fingerprint density at radius 2 is 1.80 bits per heavy atom. The van der Waals surface area contributed by atoms with E-state index in [2.05, 4.69) is 20.7 Å². The van der Waals surface area contributed by atoms with Crippen molar-refractivity contribution in [3.05, 3.63) is 51.5 Å². The highest BCUT2D eigenvalue weighted by Gasteiger charge is 2.16. The maximum Gasteiger partial charge on any atom is 0.261 e. The molecule has 2 rings (SSSR count). The summed E-state index contributed by atoms with van der Waals surface area (Å²) < 4.78 is 27.7. The predicted molar refractivity (Wildman–Crippen MR) is 85.6 cm³/mol. The van der Waals surface area contributed by atoms with Gasteiger partial charge < -0.3 is 5.73 Å². The molecule has 2 aromatic rings. The minimum atomic E-state index is -3.69. The number of aryl methyl sites for hydroxylation is 1. The van der Waals surface area contributed by atoms with Gasteiger partial charge in [-0.3, -0.25) is 4.72 Å². The lowest BCUT2D eigenvalue weighted by Gasteiger charge is -2.12. The van der Waals surface area contributed by atoms with Gasteiger partial charge in [-0.15, -0.1) is 0 Å². The summed E-state index contributed by atoms with van der Waals surface area (Å²) in [5, 5.41) is 0.452. The van der Waals surface area contributed by atoms with Crippen LogP contribution in [0, 0.1) is 6.92 Å². The van der Waals surface area contributed by atoms with Crippen LogP contribution in [0.25, 0.3) is 0 Å². The first-order valence-corrected chi connectivity index (χ1v) is 8.29. The molecule has 0 fully saturated rings. The third-order valence-corrected chi connectivity index (χ3v) is 5.02. The van der Waals surface area contributed by atoms with Crippen molar-refractivity contribution in [1.29, 1.82) is 0 Å². The number of anilines is 2. The van der Waals surface area contributed by atoms with E-state index in [0.29, 0.717) is 10.7 Å². The van der Waals surface area contributed by atoms with Gasteiger partial charge in [0, 0.05) is 9.50 Å². The van der Waals surface area contributed by atoms with Gasteiger partial charge in [0.1, 0.15) is 0 Å². The van der Waals surface area contributed by atoms with Gasteiger partial charge in [0.2, 0.25) is 0 Å². The molecule has 0 spiro atoms. The first-order chi connectivity index (χ1) is 9.29. The van der Waals surface area contributed by atoms with E-state index in [9.17, 15) is 8.42 Å². The van der Waals surface area contributed by atoms with Crippen LogP contribution in [0.3, 0.4) is 0 Å². The maximum atomic E-state index is 12.2. The number of hydrogen-bond acceptors (Lipinski definition) is 3. The number of benzene rings is 2. The third kappa shape index (κ3) is 3.26. The van der Waals surface area contributed by atoms with Crippen LogP contribution in [0.5, 0.6) is 0 Å². The summed E-state index contributed by atoms with van der Waals surface area (Å²) in [7, 11) is -3.69. The molecule has 0 aliphatic rings. The van der Waals surface area contributed by atoms with Gasteiger partial charge in [-0.05, 0) is 48.9 Å². The lowest BCUT2D eigenvalue weighted by atomic mass is 10.2. The van der Waals surface area contributed by atoms with E-state index >= 15 is 0 Å². The fourth-order valence-corrected chi connectivity index (χ4v) is 3.12. The molecular weight excluding hydrogens is 364 g/mol. The Bertz CT molecular complexity index is 746. The summed E-state index contributed by atoms with van der Waals surface area (Å²) in [6, 6.07) is 9.43. The molecule has 0 saturated heterocycles. The van der Waals surface area contributed by atoms with Crippen molar-refractivity contribution in [2.24, 2.45) is 0 Å². The number of nitrogen functional groups attached to an aromatic ring is 1. The molecule has 20 heavy (non-hydrogen) atoms. The Morgan fingerprint density at radius 3 is 2.40 bits per heavy atom. The quantitative estimate of drug-likeness (QED) is 0.802. The number of nitrogens with two attached hydrogens (primary N) is 1. The van der Waals surface area contributed by atoms with Crippen molar-refractivity contribution in [2.45, 2.75) is 11.8 Å². The summed E-state index contributed by atoms with van der Waals surface area (Å²) >= 11 is 9.24. The number of rotatable bonds is 3. The average Bonchev–Trinajstić information content (AvgIpc) is 2.36. The molecule has 0 unspecified atom stereocenters. The lowest BCUT2D eigenvalue weighted by molar-refractivity contribution is 0.601. The highest BCUT2D eigenvalue weighted by molar-refractivity contribution is 9.10. The molecule has 3 N–H and O–H groups in total. The number of hydrogen-bond donors (Lipinski definition) is 2. The smallest absolute Gasteiger partial charge is 0.261 e. The molecule has 0 atom stereocenters. The molecular formula is C13H12BrClN2O2S. The Kier molecular flexibility index (Phi) is 4.27. The van der Waals surface area contributed by atoms with E-state index in [1.54, 1.807) is 25.1 Å². The molecule has 0 aromatic heterocycles. The van der Waals surface area contributed by atoms with E-state index in [1.165, 1.54) is 18.2 Å². The van der Waals surface area contributed by atoms with E-state index in [1.807, 2.05) is 0 Å². The molecule has 0 bridgehead atoms. The van der Waals surface area contributed by atoms with E-state index in [-0.39, 0.29) is 10.6 Å². The van der Waals surface area contributed by atoms with E-state index in [0.717, 1.165) is 10.0 Å². The molecule has 0 aliphatic heterocycles. The predicted octanol–water partition coefficient (Wildman–Crippen LogP) is 3.79. The van der Waals surface area contributed by atoms with Gasteiger partial charge in [0.15, 0.2) is 0 Å². The van der Waals surface area contributed by atoms with Gasteiger partial charge in [-0.1, -0.05) is 27.5 Å². The second-order valence-corrected chi connectivity index (χ2v) is 7.25. The Morgan fingerprint density at radius 1 is 1.20 bits per heavy atom. The van der Waals surface area contributed by atoms with Crippen LogP contribution in [-0.2, 0) is 10.0 Å². The molecule has 2 aromatic carbocycles. The highest BCUT2D eigenvalue weighted by Crippen LogP contribution is 2.28. The zero-order valence-electron chi connectivity index (χ0n) is 10.5. The van der Waals surface area contributed by atoms with Crippen molar-refractivity contribution in [3.8, 4) is 0 Å². The average molecular weight is 376 g/mol. The summed E-state index contributed by atoms with van der Waals surface area (Å²) in [4.78, 5) is 0.150. The maximum absolute atomic E-state index is 12.2. The van der Waals surface area contributed by atoms with Gasteiger partial charge in [-0.2, -0.15) is 0 Å². The van der Waals surface area contributed by atoms with Crippen LogP contribution in [-0.4, -0.2) is 8.42 Å². The van der Waals surface area contributed by atoms with Crippen molar-refractivity contribution >= 4 is 48.9 Å². The molecule has 0 amide bonds. The van der Waals surface area contributed by atoms with Crippen molar-refractivity contribution in [2.75, 3.05) is 10.5 Å². The molecule has 0 aliphatic carbocycles. The largest absolute Gasteiger partial charge is 0.397 e. The Hall–Kier alpha value is -1.24. The summed E-state index contributed by atoms with van der Waals surface area (Å²) in [6.07, 6.45) is 0. The highest BCUT2D eigenvalue weighted by atomic mass is 79.9. The number of halogens is 2. The molecule has 7 heteroatoms. The van der Waals surface area contributed by atoms with Gasteiger partial charge >= 0.3 is 0 Å². The standard InChI is InChI=1S/C13H12BrClN2O2S/c1-8-6-12(16)13(7-11(8)15)17-20(18,19)10-4-2-9(14)3-5-10/h2-7,17H,16H2,1H3. The Labute approximate surface area is 131 Å². The van der Waals surface area contributed by atoms with Gasteiger partial charge in [0.05, 0.1) is 16.3 Å². The SMILES string of the molecule is Cc1cc(N)c(NS(=O)(=O)c2ccc(Br)cc2)cc1Cl. The lowest BCUT2D eigenvalue weighted by Crippen LogP contribution is -2.14. The van der Waals surface area contributed by atoms with E-state index < -0.39 is 10.0 Å². The summed E-state index contributed by atoms with van der Waals surface area (Å²) in [5.41, 5.74) is 7.19. The molecule has 4 nitrogen and oxygen atoms in total. The first-order valence-electron chi connectivity index (χ1n) is 5.63. The number of sulfonamides is 1. The zero-order valence-corrected chi connectivity index (χ0v) is 13.7. The second-order valence-electron chi connectivity index (χ2n) is 4.25. The molecule has 0 saturated carbocycles. The van der Waals surface area contributed by atoms with Crippen LogP contribution in [0.4, 0.5) is 11.4 Å². The van der Waals surface area contributed by atoms with Crippen molar-refractivity contribution in [3.63, 3.8) is 0 Å². The fraction of sp³-hybridized carbons (Fsp3) is 0.0769. The molecule has 106 valence electrons. The van der Waals surface area contributed by atoms with Gasteiger partial charge in [-0.25, -0.2) is 8.42 Å². The van der Waals surface area contributed by atoms with Gasteiger partial charge in [0.25, 0.3) is 10.0 Å². The minimum Gasteiger partial charge on any atom is -0.397 e. The monoisotopic (exact) mass is 374 g/mol. The van der Waals surface area contributed by atoms with Crippen molar-refractivity contribution in [1.82, 2.24) is 0 Å². The first kappa shape index (κ1) is 15.2. The molecule has 0 heterocycles. The molecule has 0 radical (unpaired) electrons. The summed E-state index contributed by atoms with van der Waals surface area (Å²) in [6.45, 7) is 1.80. The van der Waals surface area contributed by atoms with Crippen molar-refractivity contribution < 1.29 is 8.42 Å². The normalized spacial score (nSPS) is 11.3. The number of nitrogens with one attached hydrogen (secondary N) is 1. The second kappa shape index (κ2) is 5.63. The summed E-state index contributed by atoms with van der Waals surface area (Å²) in [5.74, 6) is 0. The van der Waals surface area contributed by atoms with Crippen LogP contribution in [0.1, 0.15) is 5.56 Å². The zero-order chi connectivity index (χ0) is 14.9. The van der Waals surface area contributed by atoms with Crippen LogP contribution >= 0.6 is 27.5 Å².